The van der Waals surface area contributed by atoms with Gasteiger partial charge in [0.05, 0.1) is 16.7 Å². The lowest BCUT2D eigenvalue weighted by atomic mass is 10.0. The Balaban J connectivity index is 1.23. The number of hydrogen-bond acceptors (Lipinski definition) is 6. The molecule has 8 nitrogen and oxygen atoms in total. The molecule has 3 N–H and O–H groups in total. The topological polar surface area (TPSA) is 108 Å². The van der Waals surface area contributed by atoms with Crippen LogP contribution in [0.3, 0.4) is 0 Å². The Morgan fingerprint density at radius 2 is 1.87 bits per heavy atom. The maximum Gasteiger partial charge on any atom is 0.159 e. The van der Waals surface area contributed by atoms with Gasteiger partial charge in [-0.2, -0.15) is 5.10 Å². The molecule has 194 valence electrons. The summed E-state index contributed by atoms with van der Waals surface area (Å²) in [5, 5.41) is 11.8. The van der Waals surface area contributed by atoms with Crippen molar-refractivity contribution in [2.75, 3.05) is 6.54 Å². The van der Waals surface area contributed by atoms with E-state index in [-0.39, 0.29) is 5.82 Å². The van der Waals surface area contributed by atoms with Crippen LogP contribution in [0.2, 0.25) is 0 Å². The van der Waals surface area contributed by atoms with Gasteiger partial charge in [-0.15, -0.1) is 0 Å². The fourth-order valence-corrected chi connectivity index (χ4v) is 5.54. The largest absolute Gasteiger partial charge is 0.336 e. The molecule has 1 fully saturated rings. The average Bonchev–Trinajstić information content (AvgIpc) is 3.73. The van der Waals surface area contributed by atoms with Crippen LogP contribution >= 0.6 is 0 Å². The van der Waals surface area contributed by atoms with Crippen LogP contribution in [0, 0.1) is 11.7 Å². The minimum Gasteiger partial charge on any atom is -0.336 e. The molecule has 1 saturated carbocycles. The zero-order chi connectivity index (χ0) is 26.2. The fraction of sp³-hybridized carbons (Fsp3) is 0.233. The molecule has 6 aromatic rings. The highest BCUT2D eigenvalue weighted by Gasteiger charge is 2.19. The molecule has 9 heteroatoms. The molecule has 1 aliphatic rings. The number of aromatic amines is 2. The van der Waals surface area contributed by atoms with Crippen molar-refractivity contribution >= 4 is 21.9 Å². The van der Waals surface area contributed by atoms with E-state index in [1.165, 1.54) is 31.7 Å². The summed E-state index contributed by atoms with van der Waals surface area (Å²) in [6.45, 7) is 1.72. The first kappa shape index (κ1) is 23.6. The molecule has 7 rings (SSSR count). The first-order valence-electron chi connectivity index (χ1n) is 13.3. The summed E-state index contributed by atoms with van der Waals surface area (Å²) in [6, 6.07) is 12.9. The first-order chi connectivity index (χ1) is 19.2. The van der Waals surface area contributed by atoms with Gasteiger partial charge in [0.2, 0.25) is 0 Å². The van der Waals surface area contributed by atoms with Gasteiger partial charge in [-0.3, -0.25) is 20.1 Å². The van der Waals surface area contributed by atoms with Crippen molar-refractivity contribution in [2.45, 2.75) is 32.2 Å². The van der Waals surface area contributed by atoms with E-state index in [9.17, 15) is 0 Å². The molecular weight excluding hydrogens is 491 g/mol. The van der Waals surface area contributed by atoms with E-state index in [4.69, 9.17) is 4.98 Å². The monoisotopic (exact) mass is 518 g/mol. The van der Waals surface area contributed by atoms with Gasteiger partial charge >= 0.3 is 0 Å². The number of fused-ring (bicyclic) bond motifs is 2. The lowest BCUT2D eigenvalue weighted by Crippen LogP contribution is -2.20. The molecule has 0 atom stereocenters. The van der Waals surface area contributed by atoms with Gasteiger partial charge < -0.3 is 10.3 Å². The van der Waals surface area contributed by atoms with E-state index < -0.39 is 0 Å². The van der Waals surface area contributed by atoms with Gasteiger partial charge in [-0.25, -0.2) is 9.37 Å². The molecule has 0 unspecified atom stereocenters. The predicted molar refractivity (Wildman–Crippen MR) is 149 cm³/mol. The summed E-state index contributed by atoms with van der Waals surface area (Å²) in [6.07, 6.45) is 12.3. The van der Waals surface area contributed by atoms with Crippen LogP contribution in [0.25, 0.3) is 56.0 Å². The lowest BCUT2D eigenvalue weighted by molar-refractivity contribution is 0.489. The second-order valence-corrected chi connectivity index (χ2v) is 10.2. The highest BCUT2D eigenvalue weighted by atomic mass is 19.1. The summed E-state index contributed by atoms with van der Waals surface area (Å²) in [5.74, 6) is 0.998. The normalized spacial score (nSPS) is 14.1. The molecule has 0 amide bonds. The van der Waals surface area contributed by atoms with Crippen LogP contribution in [-0.4, -0.2) is 41.7 Å². The smallest absolute Gasteiger partial charge is 0.159 e. The first-order valence-corrected chi connectivity index (χ1v) is 13.3. The number of rotatable bonds is 7. The van der Waals surface area contributed by atoms with Crippen molar-refractivity contribution in [3.05, 3.63) is 78.6 Å². The summed E-state index contributed by atoms with van der Waals surface area (Å²) in [7, 11) is 0. The maximum absolute atomic E-state index is 15.3. The Kier molecular flexibility index (Phi) is 6.05. The second-order valence-electron chi connectivity index (χ2n) is 10.2. The van der Waals surface area contributed by atoms with Gasteiger partial charge in [0, 0.05) is 53.9 Å². The Bertz CT molecular complexity index is 1770. The summed E-state index contributed by atoms with van der Waals surface area (Å²) in [5.41, 5.74) is 6.38. The Labute approximate surface area is 224 Å². The van der Waals surface area contributed by atoms with E-state index in [2.05, 4.69) is 35.5 Å². The molecule has 0 spiro atoms. The average molecular weight is 519 g/mol. The van der Waals surface area contributed by atoms with Crippen LogP contribution in [-0.2, 0) is 6.54 Å². The fourth-order valence-electron chi connectivity index (χ4n) is 5.54. The van der Waals surface area contributed by atoms with Crippen molar-refractivity contribution in [3.8, 4) is 34.0 Å². The standard InChI is InChI=1S/C30H27FN8/c31-23-13-26-22(12-21(23)20-11-19(16-33-17-20)15-32-14-18-5-1-2-6-18)27(39-38-26)30-36-25-8-10-35-28(29(25)37-30)24-7-3-4-9-34-24/h3-4,7-13,16-18,32H,1-2,5-6,14-15H2,(H,36,37)(H,38,39). The summed E-state index contributed by atoms with van der Waals surface area (Å²) >= 11 is 0. The maximum atomic E-state index is 15.3. The minimum absolute atomic E-state index is 0.332. The lowest BCUT2D eigenvalue weighted by Gasteiger charge is -2.11. The van der Waals surface area contributed by atoms with Crippen molar-refractivity contribution in [2.24, 2.45) is 5.92 Å². The molecule has 1 aliphatic carbocycles. The highest BCUT2D eigenvalue weighted by Crippen LogP contribution is 2.33. The zero-order valence-electron chi connectivity index (χ0n) is 21.3. The number of imidazole rings is 1. The second kappa shape index (κ2) is 9.99. The van der Waals surface area contributed by atoms with Gasteiger partial charge in [0.1, 0.15) is 22.7 Å². The zero-order valence-corrected chi connectivity index (χ0v) is 21.3. The number of benzene rings is 1. The van der Waals surface area contributed by atoms with Gasteiger partial charge in [0.15, 0.2) is 5.82 Å². The number of aromatic nitrogens is 7. The van der Waals surface area contributed by atoms with Crippen LogP contribution in [0.5, 0.6) is 0 Å². The third kappa shape index (κ3) is 4.55. The number of hydrogen-bond donors (Lipinski definition) is 3. The molecule has 0 bridgehead atoms. The quantitative estimate of drug-likeness (QED) is 0.238. The van der Waals surface area contributed by atoms with Crippen LogP contribution in [0.15, 0.2) is 67.3 Å². The number of pyridine rings is 3. The minimum atomic E-state index is -0.332. The van der Waals surface area contributed by atoms with E-state index in [0.717, 1.165) is 40.2 Å². The molecule has 5 aromatic heterocycles. The van der Waals surface area contributed by atoms with E-state index in [1.54, 1.807) is 18.6 Å². The Morgan fingerprint density at radius 3 is 2.74 bits per heavy atom. The van der Waals surface area contributed by atoms with Gasteiger partial charge in [-0.05, 0) is 61.2 Å². The number of H-pyrrole nitrogens is 2. The van der Waals surface area contributed by atoms with Crippen LogP contribution in [0.4, 0.5) is 4.39 Å². The molecule has 1 aromatic carbocycles. The van der Waals surface area contributed by atoms with Crippen molar-refractivity contribution in [1.82, 2.24) is 40.4 Å². The molecule has 39 heavy (non-hydrogen) atoms. The molecule has 0 saturated heterocycles. The Hall–Kier alpha value is -4.50. The van der Waals surface area contributed by atoms with Crippen LogP contribution < -0.4 is 5.32 Å². The van der Waals surface area contributed by atoms with Crippen molar-refractivity contribution in [1.29, 1.82) is 0 Å². The molecule has 0 aliphatic heterocycles. The van der Waals surface area contributed by atoms with E-state index in [1.807, 2.05) is 42.6 Å². The van der Waals surface area contributed by atoms with E-state index >= 15 is 4.39 Å². The molecular formula is C30H27FN8. The predicted octanol–water partition coefficient (Wildman–Crippen LogP) is 6.04. The highest BCUT2D eigenvalue weighted by molar-refractivity contribution is 5.97. The number of halogens is 1. The van der Waals surface area contributed by atoms with Crippen molar-refractivity contribution in [3.63, 3.8) is 0 Å². The third-order valence-corrected chi connectivity index (χ3v) is 7.53. The Morgan fingerprint density at radius 1 is 0.949 bits per heavy atom. The van der Waals surface area contributed by atoms with Crippen molar-refractivity contribution < 1.29 is 4.39 Å². The summed E-state index contributed by atoms with van der Waals surface area (Å²) < 4.78 is 15.3. The number of nitrogens with zero attached hydrogens (tertiary/aromatic N) is 5. The number of nitrogens with one attached hydrogen (secondary N) is 3. The van der Waals surface area contributed by atoms with Crippen LogP contribution in [0.1, 0.15) is 31.2 Å². The molecule has 5 heterocycles. The SMILES string of the molecule is Fc1cc2[nH]nc(-c3nc4c(-c5ccccn5)nccc4[nH]3)c2cc1-c1cncc(CNCC2CCCC2)c1. The molecule has 0 radical (unpaired) electrons. The van der Waals surface area contributed by atoms with Gasteiger partial charge in [0.25, 0.3) is 0 Å². The van der Waals surface area contributed by atoms with E-state index in [0.29, 0.717) is 40.4 Å². The third-order valence-electron chi connectivity index (χ3n) is 7.53. The summed E-state index contributed by atoms with van der Waals surface area (Å²) in [4.78, 5) is 21.5. The van der Waals surface area contributed by atoms with Gasteiger partial charge in [-0.1, -0.05) is 18.9 Å².